The molecule has 0 aliphatic rings. The molecule has 1 aromatic heterocycles. The van der Waals surface area contributed by atoms with Gasteiger partial charge < -0.3 is 10.5 Å². The zero-order valence-electron chi connectivity index (χ0n) is 13.5. The Morgan fingerprint density at radius 3 is 2.71 bits per heavy atom. The van der Waals surface area contributed by atoms with Crippen molar-refractivity contribution in [3.63, 3.8) is 0 Å². The zero-order chi connectivity index (χ0) is 17.7. The molecule has 0 spiro atoms. The van der Waals surface area contributed by atoms with Gasteiger partial charge in [0, 0.05) is 5.56 Å². The van der Waals surface area contributed by atoms with Crippen LogP contribution in [0.25, 0.3) is 4.85 Å². The van der Waals surface area contributed by atoms with Crippen LogP contribution in [0.5, 0.6) is 11.5 Å². The van der Waals surface area contributed by atoms with Crippen LogP contribution in [-0.4, -0.2) is 15.7 Å². The third kappa shape index (κ3) is 3.53. The van der Waals surface area contributed by atoms with Gasteiger partial charge in [-0.2, -0.15) is 10.4 Å². The van der Waals surface area contributed by atoms with Gasteiger partial charge in [0.25, 0.3) is 0 Å². The fourth-order valence-corrected chi connectivity index (χ4v) is 2.40. The predicted molar refractivity (Wildman–Crippen MR) is 87.7 cm³/mol. The second-order valence-electron chi connectivity index (χ2n) is 5.09. The summed E-state index contributed by atoms with van der Waals surface area (Å²) in [6.45, 7) is 11.0. The molecule has 1 amide bonds. The number of hydrogen-bond donors (Lipinski definition) is 1. The summed E-state index contributed by atoms with van der Waals surface area (Å²) in [7, 11) is 0. The van der Waals surface area contributed by atoms with Crippen molar-refractivity contribution in [1.82, 2.24) is 9.78 Å². The van der Waals surface area contributed by atoms with E-state index in [0.29, 0.717) is 41.3 Å². The van der Waals surface area contributed by atoms with E-state index in [9.17, 15) is 4.79 Å². The Kier molecular flexibility index (Phi) is 5.18. The Morgan fingerprint density at radius 1 is 1.42 bits per heavy atom. The van der Waals surface area contributed by atoms with Gasteiger partial charge in [0.05, 0.1) is 18.3 Å². The lowest BCUT2D eigenvalue weighted by molar-refractivity contribution is -0.118. The number of benzene rings is 1. The van der Waals surface area contributed by atoms with Crippen molar-refractivity contribution >= 4 is 11.6 Å². The molecule has 2 aromatic rings. The van der Waals surface area contributed by atoms with Gasteiger partial charge in [-0.15, -0.1) is 0 Å². The van der Waals surface area contributed by atoms with Crippen LogP contribution < -0.4 is 10.5 Å². The van der Waals surface area contributed by atoms with Crippen LogP contribution in [0.2, 0.25) is 0 Å². The third-order valence-electron chi connectivity index (χ3n) is 3.42. The molecular weight excluding hydrogens is 306 g/mol. The van der Waals surface area contributed by atoms with Crippen molar-refractivity contribution in [1.29, 1.82) is 5.26 Å². The van der Waals surface area contributed by atoms with Crippen molar-refractivity contribution in [2.24, 2.45) is 5.73 Å². The smallest absolute Gasteiger partial charge is 0.239 e. The first-order valence-electron chi connectivity index (χ1n) is 7.49. The largest absolute Gasteiger partial charge is 0.455 e. The molecule has 24 heavy (non-hydrogen) atoms. The maximum Gasteiger partial charge on any atom is 0.239 e. The van der Waals surface area contributed by atoms with Crippen molar-refractivity contribution in [2.45, 2.75) is 33.2 Å². The monoisotopic (exact) mass is 323 g/mol. The van der Waals surface area contributed by atoms with E-state index >= 15 is 0 Å². The Morgan fingerprint density at radius 2 is 2.17 bits per heavy atom. The first kappa shape index (κ1) is 17.0. The molecule has 0 fully saturated rings. The van der Waals surface area contributed by atoms with Gasteiger partial charge in [-0.3, -0.25) is 9.48 Å². The number of nitrogens with zero attached hydrogens (tertiary/aromatic N) is 4. The highest BCUT2D eigenvalue weighted by atomic mass is 16.5. The summed E-state index contributed by atoms with van der Waals surface area (Å²) in [4.78, 5) is 14.6. The number of amides is 1. The second-order valence-corrected chi connectivity index (χ2v) is 5.09. The first-order valence-corrected chi connectivity index (χ1v) is 7.49. The van der Waals surface area contributed by atoms with E-state index in [0.717, 1.165) is 5.69 Å². The van der Waals surface area contributed by atoms with E-state index in [1.165, 1.54) is 6.07 Å². The number of ether oxygens (including phenoxy) is 1. The Balaban J connectivity index is 2.49. The maximum absolute atomic E-state index is 11.2. The Bertz CT molecular complexity index is 823. The molecule has 2 rings (SSSR count). The molecule has 1 heterocycles. The fraction of sp³-hybridized carbons (Fsp3) is 0.294. The highest BCUT2D eigenvalue weighted by molar-refractivity contribution is 5.73. The van der Waals surface area contributed by atoms with E-state index in [2.05, 4.69) is 9.94 Å². The van der Waals surface area contributed by atoms with Crippen LogP contribution in [0.15, 0.2) is 18.2 Å². The van der Waals surface area contributed by atoms with Crippen LogP contribution >= 0.6 is 0 Å². The molecule has 7 nitrogen and oxygen atoms in total. The molecule has 0 atom stereocenters. The zero-order valence-corrected chi connectivity index (χ0v) is 13.5. The van der Waals surface area contributed by atoms with Crippen LogP contribution in [0.1, 0.15) is 30.8 Å². The van der Waals surface area contributed by atoms with Crippen molar-refractivity contribution in [3.05, 3.63) is 46.6 Å². The van der Waals surface area contributed by atoms with E-state index < -0.39 is 5.91 Å². The molecule has 2 N–H and O–H groups in total. The third-order valence-corrected chi connectivity index (χ3v) is 3.42. The van der Waals surface area contributed by atoms with Crippen LogP contribution in [0, 0.1) is 17.9 Å². The number of carbonyl (C=O) groups is 1. The highest BCUT2D eigenvalue weighted by Gasteiger charge is 2.19. The average Bonchev–Trinajstić information content (AvgIpc) is 2.89. The van der Waals surface area contributed by atoms with Crippen molar-refractivity contribution in [3.8, 4) is 17.6 Å². The van der Waals surface area contributed by atoms with Gasteiger partial charge in [0.15, 0.2) is 11.4 Å². The standard InChI is InChI=1S/C17H17N5O2/c1-4-14-17(15(5-2)22(21-14)10-16(19)23)24-13-7-11(9-18)6-12(8-13)20-3/h6-8H,4-5,10H2,1-2H3,(H2,19,23). The number of carbonyl (C=O) groups excluding carboxylic acids is 1. The predicted octanol–water partition coefficient (Wildman–Crippen LogP) is 2.71. The minimum Gasteiger partial charge on any atom is -0.455 e. The van der Waals surface area contributed by atoms with Crippen LogP contribution in [-0.2, 0) is 24.2 Å². The van der Waals surface area contributed by atoms with Gasteiger partial charge in [-0.25, -0.2) is 4.85 Å². The number of nitrogens with two attached hydrogens (primary N) is 1. The minimum atomic E-state index is -0.483. The number of aromatic nitrogens is 2. The minimum absolute atomic E-state index is 0.0227. The maximum atomic E-state index is 11.2. The van der Waals surface area contributed by atoms with Crippen molar-refractivity contribution < 1.29 is 9.53 Å². The van der Waals surface area contributed by atoms with Gasteiger partial charge in [0.1, 0.15) is 18.0 Å². The van der Waals surface area contributed by atoms with Gasteiger partial charge in [0.2, 0.25) is 5.91 Å². The summed E-state index contributed by atoms with van der Waals surface area (Å²) in [5.41, 5.74) is 7.38. The topological polar surface area (TPSA) is 98.3 Å². The number of hydrogen-bond acceptors (Lipinski definition) is 4. The molecular formula is C17H17N5O2. The Hall–Kier alpha value is -3.32. The van der Waals surface area contributed by atoms with E-state index in [4.69, 9.17) is 22.3 Å². The Labute approximate surface area is 140 Å². The molecule has 0 radical (unpaired) electrons. The molecule has 122 valence electrons. The van der Waals surface area contributed by atoms with Gasteiger partial charge in [-0.05, 0) is 31.0 Å². The lowest BCUT2D eigenvalue weighted by atomic mass is 10.2. The summed E-state index contributed by atoms with van der Waals surface area (Å²) < 4.78 is 7.48. The van der Waals surface area contributed by atoms with Gasteiger partial charge in [-0.1, -0.05) is 13.8 Å². The first-order chi connectivity index (χ1) is 11.5. The normalized spacial score (nSPS) is 10.0. The SMILES string of the molecule is [C-]#[N+]c1cc(C#N)cc(Oc2c(CC)nn(CC(N)=O)c2CC)c1. The van der Waals surface area contributed by atoms with Gasteiger partial charge >= 0.3 is 0 Å². The highest BCUT2D eigenvalue weighted by Crippen LogP contribution is 2.33. The summed E-state index contributed by atoms with van der Waals surface area (Å²) in [5, 5.41) is 13.5. The number of aryl methyl sites for hydroxylation is 1. The summed E-state index contributed by atoms with van der Waals surface area (Å²) in [5.74, 6) is 0.457. The van der Waals surface area contributed by atoms with Crippen LogP contribution in [0.3, 0.4) is 0 Å². The number of nitriles is 1. The molecule has 0 saturated heterocycles. The lowest BCUT2D eigenvalue weighted by Crippen LogP contribution is -2.20. The lowest BCUT2D eigenvalue weighted by Gasteiger charge is -2.09. The molecule has 0 saturated carbocycles. The molecule has 0 aliphatic heterocycles. The summed E-state index contributed by atoms with van der Waals surface area (Å²) in [6, 6.07) is 6.64. The van der Waals surface area contributed by atoms with Crippen LogP contribution in [0.4, 0.5) is 5.69 Å². The molecule has 0 unspecified atom stereocenters. The van der Waals surface area contributed by atoms with E-state index in [-0.39, 0.29) is 6.54 Å². The van der Waals surface area contributed by atoms with Crippen molar-refractivity contribution in [2.75, 3.05) is 0 Å². The quantitative estimate of drug-likeness (QED) is 0.826. The molecule has 7 heteroatoms. The van der Waals surface area contributed by atoms with E-state index in [1.807, 2.05) is 19.9 Å². The van der Waals surface area contributed by atoms with E-state index in [1.54, 1.807) is 16.8 Å². The average molecular weight is 323 g/mol. The molecule has 0 aliphatic carbocycles. The number of rotatable bonds is 6. The molecule has 0 bridgehead atoms. The molecule has 1 aromatic carbocycles. The summed E-state index contributed by atoms with van der Waals surface area (Å²) in [6.07, 6.45) is 1.21. The fourth-order valence-electron chi connectivity index (χ4n) is 2.40. The second kappa shape index (κ2) is 7.30. The summed E-state index contributed by atoms with van der Waals surface area (Å²) >= 11 is 0. The number of primary amides is 1.